The van der Waals surface area contributed by atoms with E-state index in [9.17, 15) is 19.2 Å². The van der Waals surface area contributed by atoms with Crippen molar-refractivity contribution in [2.45, 2.75) is 79.5 Å². The second-order valence-corrected chi connectivity index (χ2v) is 11.5. The predicted molar refractivity (Wildman–Crippen MR) is 125 cm³/mol. The van der Waals surface area contributed by atoms with Gasteiger partial charge in [-0.05, 0) is 49.9 Å². The maximum Gasteiger partial charge on any atom is 0.408 e. The van der Waals surface area contributed by atoms with Crippen LogP contribution in [0.25, 0.3) is 0 Å². The highest BCUT2D eigenvalue weighted by atomic mass is 16.6. The molecule has 1 heterocycles. The lowest BCUT2D eigenvalue weighted by Crippen LogP contribution is -2.60. The highest BCUT2D eigenvalue weighted by Gasteiger charge is 2.69. The number of alkyl carbamates (subject to hydrolysis) is 1. The van der Waals surface area contributed by atoms with Crippen molar-refractivity contribution < 1.29 is 23.9 Å². The van der Waals surface area contributed by atoms with E-state index in [1.807, 2.05) is 20.8 Å². The molecular weight excluding hydrogens is 424 g/mol. The van der Waals surface area contributed by atoms with E-state index in [4.69, 9.17) is 10.5 Å². The lowest BCUT2D eigenvalue weighted by Gasteiger charge is -2.39. The molecule has 2 aliphatic rings. The molecule has 2 rings (SSSR count). The number of carbonyl (C=O) groups is 4. The number of ether oxygens (including phenoxy) is 1. The first-order valence-corrected chi connectivity index (χ1v) is 11.5. The fourth-order valence-electron chi connectivity index (χ4n) is 4.59. The van der Waals surface area contributed by atoms with Crippen LogP contribution in [0.15, 0.2) is 12.2 Å². The number of likely N-dealkylation sites (tertiary alicyclic amines) is 1. The molecule has 4 unspecified atom stereocenters. The molecule has 0 radical (unpaired) electrons. The van der Waals surface area contributed by atoms with Crippen molar-refractivity contribution >= 4 is 23.8 Å². The smallest absolute Gasteiger partial charge is 0.408 e. The number of nitrogens with one attached hydrogen (secondary N) is 2. The van der Waals surface area contributed by atoms with Crippen LogP contribution in [-0.4, -0.2) is 59.5 Å². The Morgan fingerprint density at radius 2 is 1.76 bits per heavy atom. The average Bonchev–Trinajstić information content (AvgIpc) is 3.02. The molecule has 4 atom stereocenters. The minimum atomic E-state index is -0.867. The zero-order valence-electron chi connectivity index (χ0n) is 21.2. The van der Waals surface area contributed by atoms with E-state index in [0.29, 0.717) is 13.0 Å². The van der Waals surface area contributed by atoms with Crippen molar-refractivity contribution in [3.63, 3.8) is 0 Å². The van der Waals surface area contributed by atoms with Crippen LogP contribution in [0, 0.1) is 22.7 Å². The molecule has 0 aromatic carbocycles. The van der Waals surface area contributed by atoms with Crippen molar-refractivity contribution in [3.8, 4) is 0 Å². The van der Waals surface area contributed by atoms with E-state index in [2.05, 4.69) is 31.1 Å². The number of primary amides is 1. The molecule has 0 aromatic heterocycles. The van der Waals surface area contributed by atoms with Gasteiger partial charge < -0.3 is 26.0 Å². The summed E-state index contributed by atoms with van der Waals surface area (Å²) in [6.07, 6.45) is -0.0495. The normalized spacial score (nSPS) is 24.4. The number of nitrogens with zero attached hydrogens (tertiary/aromatic N) is 1. The second-order valence-electron chi connectivity index (χ2n) is 11.5. The van der Waals surface area contributed by atoms with Crippen LogP contribution in [0.4, 0.5) is 4.79 Å². The number of hydrogen-bond donors (Lipinski definition) is 3. The number of piperidine rings is 1. The molecular formula is C24H40N4O5. The topological polar surface area (TPSA) is 131 Å². The third-order valence-electron chi connectivity index (χ3n) is 7.19. The van der Waals surface area contributed by atoms with Crippen LogP contribution in [0.1, 0.15) is 61.8 Å². The van der Waals surface area contributed by atoms with Gasteiger partial charge >= 0.3 is 6.09 Å². The number of amides is 4. The molecule has 1 aliphatic heterocycles. The molecule has 0 bridgehead atoms. The maximum absolute atomic E-state index is 13.8. The quantitative estimate of drug-likeness (QED) is 0.473. The highest BCUT2D eigenvalue weighted by Crippen LogP contribution is 2.65. The van der Waals surface area contributed by atoms with Crippen LogP contribution < -0.4 is 16.4 Å². The first-order valence-electron chi connectivity index (χ1n) is 11.5. The first-order chi connectivity index (χ1) is 14.9. The number of carbonyl (C=O) groups excluding carboxylic acids is 4. The van der Waals surface area contributed by atoms with E-state index in [1.54, 1.807) is 25.7 Å². The Labute approximate surface area is 196 Å². The van der Waals surface area contributed by atoms with Crippen molar-refractivity contribution in [3.05, 3.63) is 12.2 Å². The maximum atomic E-state index is 13.8. The Balaban J connectivity index is 2.28. The van der Waals surface area contributed by atoms with Gasteiger partial charge in [0.25, 0.3) is 0 Å². The summed E-state index contributed by atoms with van der Waals surface area (Å²) < 4.78 is 5.39. The lowest BCUT2D eigenvalue weighted by molar-refractivity contribution is -0.144. The second kappa shape index (κ2) is 8.99. The zero-order chi connectivity index (χ0) is 25.5. The van der Waals surface area contributed by atoms with Gasteiger partial charge in [0.1, 0.15) is 17.7 Å². The SMILES string of the molecule is C=C(CNC(=O)C1C2C(CN1C(=O)C(NC(=O)OC(C)(C)C)C(C)(C)CC)C2(C)C)C(N)=O. The number of fused-ring (bicyclic) bond motifs is 1. The third kappa shape index (κ3) is 5.68. The molecule has 33 heavy (non-hydrogen) atoms. The number of nitrogens with two attached hydrogens (primary N) is 1. The molecule has 4 N–H and O–H groups in total. The van der Waals surface area contributed by atoms with Gasteiger partial charge in [0.05, 0.1) is 0 Å². The van der Waals surface area contributed by atoms with Gasteiger partial charge in [0.2, 0.25) is 17.7 Å². The number of hydrogen-bond acceptors (Lipinski definition) is 5. The largest absolute Gasteiger partial charge is 0.444 e. The fourth-order valence-corrected chi connectivity index (χ4v) is 4.59. The minimum absolute atomic E-state index is 0.00444. The Kier molecular flexibility index (Phi) is 7.26. The molecule has 186 valence electrons. The van der Waals surface area contributed by atoms with Gasteiger partial charge in [0, 0.05) is 18.7 Å². The summed E-state index contributed by atoms with van der Waals surface area (Å²) >= 11 is 0. The molecule has 1 saturated carbocycles. The summed E-state index contributed by atoms with van der Waals surface area (Å²) in [7, 11) is 0. The summed E-state index contributed by atoms with van der Waals surface area (Å²) in [5, 5.41) is 5.46. The Hall–Kier alpha value is -2.58. The van der Waals surface area contributed by atoms with Crippen LogP contribution in [0.5, 0.6) is 0 Å². The van der Waals surface area contributed by atoms with Gasteiger partial charge in [-0.25, -0.2) is 4.79 Å². The van der Waals surface area contributed by atoms with Crippen molar-refractivity contribution in [1.82, 2.24) is 15.5 Å². The Morgan fingerprint density at radius 1 is 1.18 bits per heavy atom. The molecule has 9 heteroatoms. The van der Waals surface area contributed by atoms with Crippen molar-refractivity contribution in [1.29, 1.82) is 0 Å². The molecule has 2 fully saturated rings. The van der Waals surface area contributed by atoms with Crippen LogP contribution in [0.2, 0.25) is 0 Å². The summed E-state index contributed by atoms with van der Waals surface area (Å²) in [5.74, 6) is -1.18. The van der Waals surface area contributed by atoms with Gasteiger partial charge in [0.15, 0.2) is 0 Å². The predicted octanol–water partition coefficient (Wildman–Crippen LogP) is 1.96. The van der Waals surface area contributed by atoms with Gasteiger partial charge in [-0.1, -0.05) is 41.2 Å². The minimum Gasteiger partial charge on any atom is -0.444 e. The third-order valence-corrected chi connectivity index (χ3v) is 7.19. The Morgan fingerprint density at radius 3 is 2.24 bits per heavy atom. The van der Waals surface area contributed by atoms with E-state index in [-0.39, 0.29) is 41.2 Å². The van der Waals surface area contributed by atoms with Crippen LogP contribution >= 0.6 is 0 Å². The van der Waals surface area contributed by atoms with Crippen LogP contribution in [-0.2, 0) is 19.1 Å². The average molecular weight is 465 g/mol. The monoisotopic (exact) mass is 464 g/mol. The molecule has 1 saturated heterocycles. The van der Waals surface area contributed by atoms with E-state index in [1.165, 1.54) is 0 Å². The molecule has 0 aromatic rings. The fraction of sp³-hybridized carbons (Fsp3) is 0.750. The summed E-state index contributed by atoms with van der Waals surface area (Å²) in [6, 6.07) is -1.57. The first kappa shape index (κ1) is 26.7. The van der Waals surface area contributed by atoms with E-state index < -0.39 is 35.1 Å². The molecule has 1 aliphatic carbocycles. The zero-order valence-corrected chi connectivity index (χ0v) is 21.2. The Bertz CT molecular complexity index is 842. The molecule has 0 spiro atoms. The van der Waals surface area contributed by atoms with Gasteiger partial charge in [-0.3, -0.25) is 14.4 Å². The number of rotatable bonds is 8. The summed E-state index contributed by atoms with van der Waals surface area (Å²) in [5.41, 5.74) is 3.94. The molecule has 9 nitrogen and oxygen atoms in total. The summed E-state index contributed by atoms with van der Waals surface area (Å²) in [4.78, 5) is 52.3. The van der Waals surface area contributed by atoms with Gasteiger partial charge in [-0.2, -0.15) is 0 Å². The van der Waals surface area contributed by atoms with Gasteiger partial charge in [-0.15, -0.1) is 0 Å². The van der Waals surface area contributed by atoms with Crippen molar-refractivity contribution in [2.24, 2.45) is 28.4 Å². The molecule has 4 amide bonds. The lowest BCUT2D eigenvalue weighted by atomic mass is 9.80. The van der Waals surface area contributed by atoms with E-state index >= 15 is 0 Å². The van der Waals surface area contributed by atoms with Crippen LogP contribution in [0.3, 0.4) is 0 Å². The standard InChI is InChI=1S/C24H40N4O5/c1-10-23(6,7)17(27-21(32)33-22(3,4)5)20(31)28-12-14-15(24(14,8)9)16(28)19(30)26-11-13(2)18(25)29/h14-17H,2,10-12H2,1,3-9H3,(H2,25,29)(H,26,30)(H,27,32). The highest BCUT2D eigenvalue weighted by molar-refractivity contribution is 5.95. The van der Waals surface area contributed by atoms with E-state index in [0.717, 1.165) is 0 Å². The van der Waals surface area contributed by atoms with Crippen molar-refractivity contribution in [2.75, 3.05) is 13.1 Å². The summed E-state index contributed by atoms with van der Waals surface area (Å²) in [6.45, 7) is 19.1.